The van der Waals surface area contributed by atoms with Gasteiger partial charge in [-0.3, -0.25) is 0 Å². The van der Waals surface area contributed by atoms with Gasteiger partial charge in [0.25, 0.3) is 0 Å². The first-order chi connectivity index (χ1) is 5.39. The molecule has 1 fully saturated rings. The van der Waals surface area contributed by atoms with Gasteiger partial charge in [-0.05, 0) is 24.9 Å². The van der Waals surface area contributed by atoms with E-state index in [-0.39, 0.29) is 11.3 Å². The molecule has 0 aromatic heterocycles. The van der Waals surface area contributed by atoms with Crippen molar-refractivity contribution in [3.63, 3.8) is 0 Å². The third kappa shape index (κ3) is 0.987. The first-order valence-electron chi connectivity index (χ1n) is 4.31. The quantitative estimate of drug-likeness (QED) is 0.696. The van der Waals surface area contributed by atoms with Crippen LogP contribution in [-0.2, 0) is 0 Å². The molecule has 1 rings (SSSR count). The number of alkyl halides is 2. The van der Waals surface area contributed by atoms with Gasteiger partial charge in [-0.15, -0.1) is 0 Å². The molecule has 1 N–H and O–H groups in total. The second-order valence-corrected chi connectivity index (χ2v) is 4.42. The normalized spacial score (nSPS) is 38.8. The van der Waals surface area contributed by atoms with Crippen LogP contribution in [0.25, 0.3) is 0 Å². The predicted octanol–water partition coefficient (Wildman–Crippen LogP) is 2.13. The Labute approximate surface area is 72.5 Å². The maximum atomic E-state index is 12.6. The summed E-state index contributed by atoms with van der Waals surface area (Å²) >= 11 is 0. The Kier molecular flexibility index (Phi) is 2.19. The minimum Gasteiger partial charge on any atom is -0.319 e. The minimum atomic E-state index is -2.20. The number of nitrogens with one attached hydrogen (secondary N) is 1. The summed E-state index contributed by atoms with van der Waals surface area (Å²) in [4.78, 5) is 0. The van der Waals surface area contributed by atoms with E-state index >= 15 is 0 Å². The Hall–Kier alpha value is -0.180. The fourth-order valence-electron chi connectivity index (χ4n) is 2.24. The molecule has 0 radical (unpaired) electrons. The van der Waals surface area contributed by atoms with E-state index < -0.39 is 11.8 Å². The summed E-state index contributed by atoms with van der Waals surface area (Å²) in [7, 11) is 1.81. The maximum absolute atomic E-state index is 12.6. The predicted molar refractivity (Wildman–Crippen MR) is 45.3 cm³/mol. The van der Waals surface area contributed by atoms with Gasteiger partial charge in [-0.1, -0.05) is 20.8 Å². The lowest BCUT2D eigenvalue weighted by atomic mass is 9.99. The van der Waals surface area contributed by atoms with Crippen LogP contribution in [0.1, 0.15) is 20.8 Å². The molecule has 0 heterocycles. The van der Waals surface area contributed by atoms with Crippen molar-refractivity contribution in [3.8, 4) is 0 Å². The Morgan fingerprint density at radius 2 is 1.83 bits per heavy atom. The number of hydrogen-bond acceptors (Lipinski definition) is 1. The molecule has 0 aromatic carbocycles. The lowest BCUT2D eigenvalue weighted by molar-refractivity contribution is 0.0461. The molecule has 1 nitrogen and oxygen atoms in total. The highest BCUT2D eigenvalue weighted by atomic mass is 19.3. The zero-order valence-electron chi connectivity index (χ0n) is 8.12. The Balaban J connectivity index is 2.70. The van der Waals surface area contributed by atoms with E-state index in [4.69, 9.17) is 0 Å². The first kappa shape index (κ1) is 9.90. The molecule has 1 aliphatic carbocycles. The molecule has 1 saturated carbocycles. The van der Waals surface area contributed by atoms with E-state index in [1.807, 2.05) is 13.8 Å². The van der Waals surface area contributed by atoms with Crippen molar-refractivity contribution in [3.05, 3.63) is 0 Å². The van der Waals surface area contributed by atoms with Gasteiger partial charge < -0.3 is 5.32 Å². The fraction of sp³-hybridized carbons (Fsp3) is 1.00. The van der Waals surface area contributed by atoms with Crippen molar-refractivity contribution in [2.75, 3.05) is 13.6 Å². The van der Waals surface area contributed by atoms with Gasteiger partial charge in [0.1, 0.15) is 0 Å². The molecule has 0 amide bonds. The SMILES string of the molecule is CNCC1C(C)(C)C1(C)C(F)F. The second kappa shape index (κ2) is 2.66. The lowest BCUT2D eigenvalue weighted by Crippen LogP contribution is -2.18. The average molecular weight is 177 g/mol. The van der Waals surface area contributed by atoms with Gasteiger partial charge >= 0.3 is 0 Å². The highest BCUT2D eigenvalue weighted by Gasteiger charge is 2.71. The molecule has 72 valence electrons. The van der Waals surface area contributed by atoms with Crippen molar-refractivity contribution in [2.45, 2.75) is 27.2 Å². The summed E-state index contributed by atoms with van der Waals surface area (Å²) in [6, 6.07) is 0. The molecule has 1 aliphatic rings. The molecule has 0 bridgehead atoms. The molecule has 0 aromatic rings. The second-order valence-electron chi connectivity index (χ2n) is 4.42. The Morgan fingerprint density at radius 1 is 1.33 bits per heavy atom. The minimum absolute atomic E-state index is 0.106. The topological polar surface area (TPSA) is 12.0 Å². The Bertz CT molecular complexity index is 179. The van der Waals surface area contributed by atoms with Gasteiger partial charge in [0.2, 0.25) is 6.43 Å². The largest absolute Gasteiger partial charge is 0.319 e. The van der Waals surface area contributed by atoms with Crippen LogP contribution in [0.15, 0.2) is 0 Å². The van der Waals surface area contributed by atoms with Gasteiger partial charge in [0.05, 0.1) is 0 Å². The monoisotopic (exact) mass is 177 g/mol. The van der Waals surface area contributed by atoms with Crippen molar-refractivity contribution in [2.24, 2.45) is 16.7 Å². The van der Waals surface area contributed by atoms with Crippen LogP contribution in [0, 0.1) is 16.7 Å². The average Bonchev–Trinajstić information content (AvgIpc) is 2.36. The maximum Gasteiger partial charge on any atom is 0.244 e. The van der Waals surface area contributed by atoms with Gasteiger partial charge in [-0.25, -0.2) is 8.78 Å². The number of rotatable bonds is 3. The lowest BCUT2D eigenvalue weighted by Gasteiger charge is -2.12. The van der Waals surface area contributed by atoms with Crippen molar-refractivity contribution < 1.29 is 8.78 Å². The third-order valence-electron chi connectivity index (χ3n) is 3.76. The van der Waals surface area contributed by atoms with E-state index in [0.717, 1.165) is 0 Å². The van der Waals surface area contributed by atoms with Crippen LogP contribution in [0.2, 0.25) is 0 Å². The smallest absolute Gasteiger partial charge is 0.244 e. The standard InChI is InChI=1S/C9H17F2N/c1-8(2)6(5-12-4)9(8,3)7(10)11/h6-7,12H,5H2,1-4H3. The summed E-state index contributed by atoms with van der Waals surface area (Å²) < 4.78 is 25.3. The van der Waals surface area contributed by atoms with Crippen LogP contribution in [-0.4, -0.2) is 20.0 Å². The molecule has 12 heavy (non-hydrogen) atoms. The zero-order valence-corrected chi connectivity index (χ0v) is 8.12. The molecular weight excluding hydrogens is 160 g/mol. The molecule has 0 saturated heterocycles. The summed E-state index contributed by atoms with van der Waals surface area (Å²) in [6.45, 7) is 6.20. The van der Waals surface area contributed by atoms with Gasteiger partial charge in [0.15, 0.2) is 0 Å². The van der Waals surface area contributed by atoms with Crippen LogP contribution >= 0.6 is 0 Å². The first-order valence-corrected chi connectivity index (χ1v) is 4.31. The molecule has 0 spiro atoms. The van der Waals surface area contributed by atoms with Crippen LogP contribution in [0.3, 0.4) is 0 Å². The van der Waals surface area contributed by atoms with E-state index in [1.54, 1.807) is 14.0 Å². The van der Waals surface area contributed by atoms with Crippen LogP contribution in [0.5, 0.6) is 0 Å². The zero-order chi connectivity index (χ0) is 9.57. The third-order valence-corrected chi connectivity index (χ3v) is 3.76. The van der Waals surface area contributed by atoms with Gasteiger partial charge in [-0.2, -0.15) is 0 Å². The number of halogens is 2. The fourth-order valence-corrected chi connectivity index (χ4v) is 2.24. The Morgan fingerprint density at radius 3 is 2.08 bits per heavy atom. The molecule has 2 atom stereocenters. The summed E-state index contributed by atoms with van der Waals surface area (Å²) in [5, 5.41) is 2.96. The van der Waals surface area contributed by atoms with E-state index in [0.29, 0.717) is 6.54 Å². The summed E-state index contributed by atoms with van der Waals surface area (Å²) in [6.07, 6.45) is -2.20. The van der Waals surface area contributed by atoms with E-state index in [2.05, 4.69) is 5.32 Å². The van der Waals surface area contributed by atoms with Crippen LogP contribution in [0.4, 0.5) is 8.78 Å². The summed E-state index contributed by atoms with van der Waals surface area (Å²) in [5.41, 5.74) is -1.000. The highest BCUT2D eigenvalue weighted by molar-refractivity contribution is 5.16. The van der Waals surface area contributed by atoms with Crippen LogP contribution < -0.4 is 5.32 Å². The number of hydrogen-bond donors (Lipinski definition) is 1. The summed E-state index contributed by atoms with van der Waals surface area (Å²) in [5.74, 6) is 0.106. The van der Waals surface area contributed by atoms with Crippen molar-refractivity contribution >= 4 is 0 Å². The van der Waals surface area contributed by atoms with Crippen molar-refractivity contribution in [1.29, 1.82) is 0 Å². The van der Waals surface area contributed by atoms with E-state index in [9.17, 15) is 8.78 Å². The molecular formula is C9H17F2N. The highest BCUT2D eigenvalue weighted by Crippen LogP contribution is 2.70. The van der Waals surface area contributed by atoms with E-state index in [1.165, 1.54) is 0 Å². The van der Waals surface area contributed by atoms with Gasteiger partial charge in [0, 0.05) is 5.41 Å². The molecule has 0 aliphatic heterocycles. The molecule has 2 unspecified atom stereocenters. The molecule has 3 heteroatoms. The van der Waals surface area contributed by atoms with Crippen molar-refractivity contribution in [1.82, 2.24) is 5.32 Å².